The molecule has 9 heteroatoms. The van der Waals surface area contributed by atoms with Crippen molar-refractivity contribution in [3.8, 4) is 17.2 Å². The second-order valence-electron chi connectivity index (χ2n) is 5.98. The molecule has 142 valence electrons. The van der Waals surface area contributed by atoms with Gasteiger partial charge < -0.3 is 14.8 Å². The topological polar surface area (TPSA) is 94.5 Å². The Labute approximate surface area is 164 Å². The van der Waals surface area contributed by atoms with E-state index in [1.165, 1.54) is 17.0 Å². The molecule has 0 bridgehead atoms. The summed E-state index contributed by atoms with van der Waals surface area (Å²) in [6, 6.07) is 9.63. The van der Waals surface area contributed by atoms with Gasteiger partial charge in [-0.15, -0.1) is 0 Å². The Morgan fingerprint density at radius 1 is 1.18 bits per heavy atom. The van der Waals surface area contributed by atoms with Crippen molar-refractivity contribution < 1.29 is 14.3 Å². The highest BCUT2D eigenvalue weighted by atomic mass is 35.5. The summed E-state index contributed by atoms with van der Waals surface area (Å²) in [4.78, 5) is 29.0. The molecule has 2 N–H and O–H groups in total. The van der Waals surface area contributed by atoms with Crippen molar-refractivity contribution in [3.05, 3.63) is 69.7 Å². The molecule has 2 heterocycles. The average molecular weight is 399 g/mol. The van der Waals surface area contributed by atoms with Crippen molar-refractivity contribution in [3.63, 3.8) is 0 Å². The maximum Gasteiger partial charge on any atom is 0.325 e. The number of hydrogen-bond donors (Lipinski definition) is 2. The number of nitrogens with one attached hydrogen (secondary N) is 2. The number of urea groups is 1. The van der Waals surface area contributed by atoms with Crippen LogP contribution in [0, 0.1) is 6.92 Å². The second kappa shape index (κ2) is 7.24. The van der Waals surface area contributed by atoms with Crippen LogP contribution in [0.15, 0.2) is 53.6 Å². The van der Waals surface area contributed by atoms with Gasteiger partial charge in [0.25, 0.3) is 5.56 Å². The first-order valence-electron chi connectivity index (χ1n) is 8.34. The lowest BCUT2D eigenvalue weighted by molar-refractivity contribution is 0.174. The molecule has 0 saturated carbocycles. The van der Waals surface area contributed by atoms with E-state index in [1.54, 1.807) is 36.4 Å². The SMILES string of the molecule is Cc1c(Cl)cccc1-n1ccnc(NC(=O)Nc2ccc3c(c2)OCO3)c1=O. The number of anilines is 2. The fourth-order valence-corrected chi connectivity index (χ4v) is 2.96. The summed E-state index contributed by atoms with van der Waals surface area (Å²) in [5.74, 6) is 1.03. The summed E-state index contributed by atoms with van der Waals surface area (Å²) >= 11 is 6.14. The maximum atomic E-state index is 12.8. The van der Waals surface area contributed by atoms with Gasteiger partial charge in [-0.25, -0.2) is 9.78 Å². The van der Waals surface area contributed by atoms with Crippen molar-refractivity contribution in [2.75, 3.05) is 17.4 Å². The number of rotatable bonds is 3. The van der Waals surface area contributed by atoms with E-state index in [9.17, 15) is 9.59 Å². The Balaban J connectivity index is 1.56. The van der Waals surface area contributed by atoms with Crippen molar-refractivity contribution >= 4 is 29.1 Å². The molecule has 2 amide bonds. The Morgan fingerprint density at radius 3 is 2.86 bits per heavy atom. The van der Waals surface area contributed by atoms with Gasteiger partial charge in [-0.3, -0.25) is 14.7 Å². The van der Waals surface area contributed by atoms with Crippen LogP contribution in [0.2, 0.25) is 5.02 Å². The van der Waals surface area contributed by atoms with Crippen molar-refractivity contribution in [2.24, 2.45) is 0 Å². The molecular formula is C19H15ClN4O4. The van der Waals surface area contributed by atoms with Gasteiger partial charge in [-0.2, -0.15) is 0 Å². The second-order valence-corrected chi connectivity index (χ2v) is 6.39. The molecule has 4 rings (SSSR count). The number of carbonyl (C=O) groups excluding carboxylic acids is 1. The van der Waals surface area contributed by atoms with Gasteiger partial charge in [-0.05, 0) is 36.8 Å². The van der Waals surface area contributed by atoms with E-state index in [0.717, 1.165) is 5.56 Å². The summed E-state index contributed by atoms with van der Waals surface area (Å²) in [7, 11) is 0. The fraction of sp³-hybridized carbons (Fsp3) is 0.105. The summed E-state index contributed by atoms with van der Waals surface area (Å²) in [6.07, 6.45) is 2.94. The fourth-order valence-electron chi connectivity index (χ4n) is 2.79. The number of benzene rings is 2. The van der Waals surface area contributed by atoms with Crippen LogP contribution in [0.5, 0.6) is 11.5 Å². The molecule has 0 atom stereocenters. The van der Waals surface area contributed by atoms with Crippen LogP contribution in [0.1, 0.15) is 5.56 Å². The summed E-state index contributed by atoms with van der Waals surface area (Å²) in [5, 5.41) is 5.64. The molecule has 0 spiro atoms. The van der Waals surface area contributed by atoms with Crippen LogP contribution < -0.4 is 25.7 Å². The lowest BCUT2D eigenvalue weighted by Crippen LogP contribution is -2.28. The molecule has 28 heavy (non-hydrogen) atoms. The highest BCUT2D eigenvalue weighted by Crippen LogP contribution is 2.34. The van der Waals surface area contributed by atoms with Crippen molar-refractivity contribution in [1.82, 2.24) is 9.55 Å². The van der Waals surface area contributed by atoms with Crippen LogP contribution >= 0.6 is 11.6 Å². The first-order valence-corrected chi connectivity index (χ1v) is 8.71. The monoisotopic (exact) mass is 398 g/mol. The largest absolute Gasteiger partial charge is 0.454 e. The molecule has 0 fully saturated rings. The molecule has 0 aliphatic carbocycles. The first kappa shape index (κ1) is 17.9. The quantitative estimate of drug-likeness (QED) is 0.703. The number of hydrogen-bond acceptors (Lipinski definition) is 5. The zero-order chi connectivity index (χ0) is 19.7. The maximum absolute atomic E-state index is 12.8. The molecule has 2 aromatic carbocycles. The third-order valence-corrected chi connectivity index (χ3v) is 4.61. The first-order chi connectivity index (χ1) is 13.5. The Hall–Kier alpha value is -3.52. The number of amides is 2. The number of aromatic nitrogens is 2. The summed E-state index contributed by atoms with van der Waals surface area (Å²) in [5.41, 5.74) is 1.37. The lowest BCUT2D eigenvalue weighted by atomic mass is 10.2. The van der Waals surface area contributed by atoms with E-state index < -0.39 is 11.6 Å². The van der Waals surface area contributed by atoms with Gasteiger partial charge >= 0.3 is 6.03 Å². The van der Waals surface area contributed by atoms with Gasteiger partial charge in [0.2, 0.25) is 12.6 Å². The third-order valence-electron chi connectivity index (χ3n) is 4.20. The van der Waals surface area contributed by atoms with E-state index in [0.29, 0.717) is 27.9 Å². The minimum Gasteiger partial charge on any atom is -0.454 e. The number of ether oxygens (including phenoxy) is 2. The Kier molecular flexibility index (Phi) is 4.62. The minimum atomic E-state index is -0.607. The Morgan fingerprint density at radius 2 is 2.00 bits per heavy atom. The number of nitrogens with zero attached hydrogens (tertiary/aromatic N) is 2. The molecule has 0 unspecified atom stereocenters. The molecular weight excluding hydrogens is 384 g/mol. The summed E-state index contributed by atoms with van der Waals surface area (Å²) in [6.45, 7) is 1.95. The standard InChI is InChI=1S/C19H15ClN4O4/c1-11-13(20)3-2-4-14(11)24-8-7-21-17(18(24)25)23-19(26)22-12-5-6-15-16(9-12)28-10-27-15/h2-9H,10H2,1H3,(H2,21,22,23,26). The van der Waals surface area contributed by atoms with E-state index in [4.69, 9.17) is 21.1 Å². The van der Waals surface area contributed by atoms with E-state index >= 15 is 0 Å². The molecule has 3 aromatic rings. The molecule has 8 nitrogen and oxygen atoms in total. The molecule has 1 aliphatic rings. The zero-order valence-electron chi connectivity index (χ0n) is 14.7. The highest BCUT2D eigenvalue weighted by molar-refractivity contribution is 6.31. The van der Waals surface area contributed by atoms with Gasteiger partial charge in [0.15, 0.2) is 11.5 Å². The van der Waals surface area contributed by atoms with Crippen LogP contribution in [0.3, 0.4) is 0 Å². The Bertz CT molecular complexity index is 1130. The molecule has 1 aromatic heterocycles. The zero-order valence-corrected chi connectivity index (χ0v) is 15.5. The predicted molar refractivity (Wildman–Crippen MR) is 105 cm³/mol. The third kappa shape index (κ3) is 3.37. The lowest BCUT2D eigenvalue weighted by Gasteiger charge is -2.12. The van der Waals surface area contributed by atoms with Gasteiger partial charge in [-0.1, -0.05) is 17.7 Å². The van der Waals surface area contributed by atoms with Gasteiger partial charge in [0.1, 0.15) is 0 Å². The van der Waals surface area contributed by atoms with Crippen LogP contribution in [0.4, 0.5) is 16.3 Å². The molecule has 0 radical (unpaired) electrons. The van der Waals surface area contributed by atoms with Crippen molar-refractivity contribution in [2.45, 2.75) is 6.92 Å². The van der Waals surface area contributed by atoms with Crippen LogP contribution in [-0.4, -0.2) is 22.4 Å². The van der Waals surface area contributed by atoms with E-state index in [1.807, 2.05) is 6.92 Å². The predicted octanol–water partition coefficient (Wildman–Crippen LogP) is 3.57. The smallest absolute Gasteiger partial charge is 0.325 e. The summed E-state index contributed by atoms with van der Waals surface area (Å²) < 4.78 is 11.9. The number of halogens is 1. The number of fused-ring (bicyclic) bond motifs is 1. The van der Waals surface area contributed by atoms with Gasteiger partial charge in [0, 0.05) is 29.2 Å². The van der Waals surface area contributed by atoms with Crippen LogP contribution in [0.25, 0.3) is 5.69 Å². The molecule has 0 saturated heterocycles. The van der Waals surface area contributed by atoms with Gasteiger partial charge in [0.05, 0.1) is 5.69 Å². The molecule has 1 aliphatic heterocycles. The minimum absolute atomic E-state index is 0.111. The van der Waals surface area contributed by atoms with Crippen molar-refractivity contribution in [1.29, 1.82) is 0 Å². The highest BCUT2D eigenvalue weighted by Gasteiger charge is 2.16. The van der Waals surface area contributed by atoms with Crippen LogP contribution in [-0.2, 0) is 0 Å². The average Bonchev–Trinajstić information content (AvgIpc) is 3.14. The van der Waals surface area contributed by atoms with E-state index in [2.05, 4.69) is 15.6 Å². The van der Waals surface area contributed by atoms with E-state index in [-0.39, 0.29) is 12.6 Å². The number of carbonyl (C=O) groups is 1. The normalized spacial score (nSPS) is 11.9.